The molecule has 16 heavy (non-hydrogen) atoms. The third-order valence-electron chi connectivity index (χ3n) is 3.01. The molecule has 1 heterocycles. The van der Waals surface area contributed by atoms with Gasteiger partial charge < -0.3 is 0 Å². The van der Waals surface area contributed by atoms with Crippen molar-refractivity contribution in [2.75, 3.05) is 13.1 Å². The van der Waals surface area contributed by atoms with E-state index in [1.54, 1.807) is 6.08 Å². The third kappa shape index (κ3) is 2.57. The van der Waals surface area contributed by atoms with Crippen LogP contribution in [0.15, 0.2) is 29.3 Å². The van der Waals surface area contributed by atoms with Crippen molar-refractivity contribution >= 4 is 6.08 Å². The SMILES string of the molecule is CC(CN1CCc2ccccc2C1)N=C=O. The summed E-state index contributed by atoms with van der Waals surface area (Å²) in [7, 11) is 0. The second kappa shape index (κ2) is 5.06. The van der Waals surface area contributed by atoms with Crippen LogP contribution in [0, 0.1) is 0 Å². The second-order valence-corrected chi connectivity index (χ2v) is 4.32. The summed E-state index contributed by atoms with van der Waals surface area (Å²) in [6.45, 7) is 4.81. The molecule has 1 atom stereocenters. The lowest BCUT2D eigenvalue weighted by atomic mass is 10.00. The summed E-state index contributed by atoms with van der Waals surface area (Å²) in [5.41, 5.74) is 2.85. The number of hydrogen-bond donors (Lipinski definition) is 0. The first-order chi connectivity index (χ1) is 7.79. The van der Waals surface area contributed by atoms with E-state index in [9.17, 15) is 4.79 Å². The smallest absolute Gasteiger partial charge is 0.235 e. The molecule has 1 aromatic carbocycles. The minimum Gasteiger partial charge on any atom is -0.297 e. The zero-order valence-electron chi connectivity index (χ0n) is 9.52. The van der Waals surface area contributed by atoms with Crippen LogP contribution in [0.2, 0.25) is 0 Å². The van der Waals surface area contributed by atoms with E-state index in [1.807, 2.05) is 6.92 Å². The molecule has 0 aromatic heterocycles. The lowest BCUT2D eigenvalue weighted by Crippen LogP contribution is -2.35. The van der Waals surface area contributed by atoms with Gasteiger partial charge in [-0.25, -0.2) is 9.79 Å². The quantitative estimate of drug-likeness (QED) is 0.570. The Kier molecular flexibility index (Phi) is 3.50. The van der Waals surface area contributed by atoms with E-state index in [-0.39, 0.29) is 6.04 Å². The summed E-state index contributed by atoms with van der Waals surface area (Å²) in [6.07, 6.45) is 2.72. The molecule has 0 saturated heterocycles. The number of nitrogens with zero attached hydrogens (tertiary/aromatic N) is 2. The first-order valence-electron chi connectivity index (χ1n) is 5.65. The van der Waals surface area contributed by atoms with Gasteiger partial charge in [-0.05, 0) is 24.5 Å². The maximum Gasteiger partial charge on any atom is 0.235 e. The van der Waals surface area contributed by atoms with Crippen LogP contribution in [0.25, 0.3) is 0 Å². The Morgan fingerprint density at radius 1 is 1.44 bits per heavy atom. The topological polar surface area (TPSA) is 32.7 Å². The molecular formula is C13H16N2O. The molecule has 0 bridgehead atoms. The predicted octanol–water partition coefficient (Wildman–Crippen LogP) is 1.77. The van der Waals surface area contributed by atoms with Crippen molar-refractivity contribution in [1.29, 1.82) is 0 Å². The molecule has 0 saturated carbocycles. The number of fused-ring (bicyclic) bond motifs is 1. The molecule has 1 aliphatic rings. The van der Waals surface area contributed by atoms with Gasteiger partial charge in [-0.1, -0.05) is 24.3 Å². The van der Waals surface area contributed by atoms with Gasteiger partial charge in [0.1, 0.15) is 0 Å². The number of aliphatic imine (C=N–C) groups is 1. The van der Waals surface area contributed by atoms with Crippen molar-refractivity contribution in [3.63, 3.8) is 0 Å². The van der Waals surface area contributed by atoms with E-state index in [2.05, 4.69) is 34.2 Å². The lowest BCUT2D eigenvalue weighted by Gasteiger charge is -2.29. The zero-order valence-corrected chi connectivity index (χ0v) is 9.52. The fraction of sp³-hybridized carbons (Fsp3) is 0.462. The summed E-state index contributed by atoms with van der Waals surface area (Å²) in [5, 5.41) is 0. The molecule has 2 rings (SSSR count). The first-order valence-corrected chi connectivity index (χ1v) is 5.65. The predicted molar refractivity (Wildman–Crippen MR) is 63.0 cm³/mol. The molecule has 0 N–H and O–H groups in total. The molecule has 0 radical (unpaired) electrons. The fourth-order valence-electron chi connectivity index (χ4n) is 2.21. The molecule has 1 aliphatic heterocycles. The second-order valence-electron chi connectivity index (χ2n) is 4.32. The summed E-state index contributed by atoms with van der Waals surface area (Å²) < 4.78 is 0. The highest BCUT2D eigenvalue weighted by molar-refractivity contribution is 5.33. The lowest BCUT2D eigenvalue weighted by molar-refractivity contribution is 0.243. The largest absolute Gasteiger partial charge is 0.297 e. The minimum absolute atomic E-state index is 0.0442. The van der Waals surface area contributed by atoms with Crippen LogP contribution in [0.5, 0.6) is 0 Å². The average molecular weight is 216 g/mol. The molecule has 3 nitrogen and oxygen atoms in total. The highest BCUT2D eigenvalue weighted by Gasteiger charge is 2.16. The Bertz CT molecular complexity index is 410. The van der Waals surface area contributed by atoms with Crippen LogP contribution in [0.4, 0.5) is 0 Å². The van der Waals surface area contributed by atoms with Crippen molar-refractivity contribution < 1.29 is 4.79 Å². The van der Waals surface area contributed by atoms with Crippen LogP contribution in [0.3, 0.4) is 0 Å². The van der Waals surface area contributed by atoms with E-state index >= 15 is 0 Å². The zero-order chi connectivity index (χ0) is 11.4. The standard InChI is InChI=1S/C13H16N2O/c1-11(14-10-16)8-15-7-6-12-4-2-3-5-13(12)9-15/h2-5,11H,6-9H2,1H3. The Morgan fingerprint density at radius 3 is 2.94 bits per heavy atom. The summed E-state index contributed by atoms with van der Waals surface area (Å²) in [6, 6.07) is 8.58. The normalized spacial score (nSPS) is 17.3. The third-order valence-corrected chi connectivity index (χ3v) is 3.01. The molecule has 84 valence electrons. The number of benzene rings is 1. The van der Waals surface area contributed by atoms with Crippen LogP contribution < -0.4 is 0 Å². The Labute approximate surface area is 95.8 Å². The van der Waals surface area contributed by atoms with Crippen LogP contribution in [0.1, 0.15) is 18.1 Å². The summed E-state index contributed by atoms with van der Waals surface area (Å²) in [4.78, 5) is 16.2. The van der Waals surface area contributed by atoms with Gasteiger partial charge in [0.2, 0.25) is 6.08 Å². The number of carbonyl (C=O) groups excluding carboxylic acids is 1. The summed E-state index contributed by atoms with van der Waals surface area (Å²) >= 11 is 0. The average Bonchev–Trinajstić information content (AvgIpc) is 2.29. The molecule has 1 unspecified atom stereocenters. The van der Waals surface area contributed by atoms with Gasteiger partial charge in [0.25, 0.3) is 0 Å². The van der Waals surface area contributed by atoms with Gasteiger partial charge in [-0.3, -0.25) is 4.90 Å². The highest BCUT2D eigenvalue weighted by atomic mass is 16.1. The molecule has 3 heteroatoms. The fourth-order valence-corrected chi connectivity index (χ4v) is 2.21. The maximum absolute atomic E-state index is 10.1. The van der Waals surface area contributed by atoms with Crippen molar-refractivity contribution in [3.05, 3.63) is 35.4 Å². The van der Waals surface area contributed by atoms with Gasteiger partial charge in [0, 0.05) is 19.6 Å². The van der Waals surface area contributed by atoms with Crippen LogP contribution >= 0.6 is 0 Å². The van der Waals surface area contributed by atoms with Gasteiger partial charge in [-0.2, -0.15) is 0 Å². The van der Waals surface area contributed by atoms with E-state index < -0.39 is 0 Å². The number of hydrogen-bond acceptors (Lipinski definition) is 3. The first kappa shape index (κ1) is 11.1. The van der Waals surface area contributed by atoms with E-state index in [4.69, 9.17) is 0 Å². The van der Waals surface area contributed by atoms with E-state index in [1.165, 1.54) is 11.1 Å². The van der Waals surface area contributed by atoms with Crippen molar-refractivity contribution in [2.45, 2.75) is 25.9 Å². The molecule has 0 spiro atoms. The van der Waals surface area contributed by atoms with Crippen molar-refractivity contribution in [3.8, 4) is 0 Å². The van der Waals surface area contributed by atoms with E-state index in [0.717, 1.165) is 26.1 Å². The van der Waals surface area contributed by atoms with Gasteiger partial charge in [0.05, 0.1) is 6.04 Å². The van der Waals surface area contributed by atoms with Crippen molar-refractivity contribution in [2.24, 2.45) is 4.99 Å². The number of isocyanates is 1. The Hall–Kier alpha value is -1.44. The van der Waals surface area contributed by atoms with Gasteiger partial charge >= 0.3 is 0 Å². The van der Waals surface area contributed by atoms with Crippen molar-refractivity contribution in [1.82, 2.24) is 4.90 Å². The van der Waals surface area contributed by atoms with Crippen LogP contribution in [-0.4, -0.2) is 30.1 Å². The molecule has 1 aromatic rings. The molecule has 0 fully saturated rings. The maximum atomic E-state index is 10.1. The highest BCUT2D eigenvalue weighted by Crippen LogP contribution is 2.18. The van der Waals surface area contributed by atoms with Crippen LogP contribution in [-0.2, 0) is 17.8 Å². The Morgan fingerprint density at radius 2 is 2.19 bits per heavy atom. The minimum atomic E-state index is 0.0442. The molecular weight excluding hydrogens is 200 g/mol. The van der Waals surface area contributed by atoms with E-state index in [0.29, 0.717) is 0 Å². The summed E-state index contributed by atoms with van der Waals surface area (Å²) in [5.74, 6) is 0. The molecule has 0 amide bonds. The number of rotatable bonds is 3. The Balaban J connectivity index is 2.00. The monoisotopic (exact) mass is 216 g/mol. The van der Waals surface area contributed by atoms with Gasteiger partial charge in [0.15, 0.2) is 0 Å². The van der Waals surface area contributed by atoms with Gasteiger partial charge in [-0.15, -0.1) is 0 Å². The molecule has 0 aliphatic carbocycles.